The quantitative estimate of drug-likeness (QED) is 0.532. The zero-order valence-corrected chi connectivity index (χ0v) is 5.83. The molecule has 0 bridgehead atoms. The largest absolute Gasteiger partial charge is 0.664 e. The molecule has 1 nitrogen and oxygen atoms in total. The first kappa shape index (κ1) is 5.54. The lowest BCUT2D eigenvalue weighted by molar-refractivity contribution is 1.41. The maximum absolute atomic E-state index is 4.18. The van der Waals surface area contributed by atoms with E-state index in [0.717, 1.165) is 5.52 Å². The first-order chi connectivity index (χ1) is 4.86. The Kier molecular flexibility index (Phi) is 1.04. The van der Waals surface area contributed by atoms with Crippen molar-refractivity contribution in [3.05, 3.63) is 36.0 Å². The molecule has 0 fully saturated rings. The van der Waals surface area contributed by atoms with E-state index in [1.807, 2.05) is 12.3 Å². The van der Waals surface area contributed by atoms with E-state index in [4.69, 9.17) is 0 Å². The molecule has 10 heavy (non-hydrogen) atoms. The van der Waals surface area contributed by atoms with E-state index in [9.17, 15) is 0 Å². The highest BCUT2D eigenvalue weighted by Crippen LogP contribution is 2.11. The molecule has 0 aliphatic carbocycles. The van der Waals surface area contributed by atoms with E-state index in [0.29, 0.717) is 0 Å². The molecule has 0 unspecified atom stereocenters. The van der Waals surface area contributed by atoms with Gasteiger partial charge in [-0.2, -0.15) is 6.20 Å². The fourth-order valence-electron chi connectivity index (χ4n) is 1.10. The number of hydrogen-bond donors (Lipinski definition) is 0. The average molecular weight is 130 g/mol. The molecule has 50 valence electrons. The van der Waals surface area contributed by atoms with Gasteiger partial charge in [-0.05, 0) is 12.3 Å². The Morgan fingerprint density at radius 3 is 3.00 bits per heavy atom. The van der Waals surface area contributed by atoms with E-state index < -0.39 is 0 Å². The predicted molar refractivity (Wildman–Crippen MR) is 42.0 cm³/mol. The summed E-state index contributed by atoms with van der Waals surface area (Å²) in [6.45, 7) is 2.08. The highest BCUT2D eigenvalue weighted by Gasteiger charge is 1.84. The number of rotatable bonds is 0. The number of aromatic nitrogens is 1. The Labute approximate surface area is 59.7 Å². The molecule has 0 spiro atoms. The maximum Gasteiger partial charge on any atom is -0.0398 e. The van der Waals surface area contributed by atoms with Crippen LogP contribution >= 0.6 is 0 Å². The van der Waals surface area contributed by atoms with Crippen LogP contribution in [0, 0.1) is 6.92 Å². The van der Waals surface area contributed by atoms with Crippen molar-refractivity contribution in [3.63, 3.8) is 0 Å². The molecule has 0 saturated heterocycles. The summed E-state index contributed by atoms with van der Waals surface area (Å²) >= 11 is 0. The highest BCUT2D eigenvalue weighted by molar-refractivity contribution is 5.79. The summed E-state index contributed by atoms with van der Waals surface area (Å²) in [6, 6.07) is 8.31. The van der Waals surface area contributed by atoms with Crippen LogP contribution in [0.3, 0.4) is 0 Å². The molecule has 0 N–H and O–H groups in total. The van der Waals surface area contributed by atoms with Crippen LogP contribution in [0.25, 0.3) is 10.9 Å². The minimum absolute atomic E-state index is 1.10. The van der Waals surface area contributed by atoms with Crippen molar-refractivity contribution in [1.29, 1.82) is 0 Å². The number of nitrogens with zero attached hydrogens (tertiary/aromatic N) is 1. The fourth-order valence-corrected chi connectivity index (χ4v) is 1.10. The zero-order valence-electron chi connectivity index (χ0n) is 5.83. The standard InChI is InChI=1S/C9H8N/c1-7-2-3-8-4-5-10-9(8)6-7/h2-6H,1H3/q-1. The van der Waals surface area contributed by atoms with Gasteiger partial charge in [0.25, 0.3) is 0 Å². The van der Waals surface area contributed by atoms with E-state index in [1.165, 1.54) is 10.9 Å². The van der Waals surface area contributed by atoms with E-state index in [2.05, 4.69) is 30.1 Å². The second-order valence-electron chi connectivity index (χ2n) is 2.51. The summed E-state index contributed by atoms with van der Waals surface area (Å²) in [5, 5.41) is 1.23. The molecule has 1 heteroatoms. The first-order valence-corrected chi connectivity index (χ1v) is 3.34. The van der Waals surface area contributed by atoms with Crippen molar-refractivity contribution in [2.24, 2.45) is 0 Å². The van der Waals surface area contributed by atoms with Gasteiger partial charge in [-0.15, -0.1) is 5.52 Å². The molecule has 0 amide bonds. The summed E-state index contributed by atoms with van der Waals surface area (Å²) in [7, 11) is 0. The minimum Gasteiger partial charge on any atom is -0.664 e. The van der Waals surface area contributed by atoms with Gasteiger partial charge >= 0.3 is 0 Å². The fraction of sp³-hybridized carbons (Fsp3) is 0.111. The normalized spacial score (nSPS) is 10.5. The predicted octanol–water partition coefficient (Wildman–Crippen LogP) is 2.11. The Morgan fingerprint density at radius 1 is 1.20 bits per heavy atom. The number of aryl methyl sites for hydroxylation is 1. The molecule has 2 rings (SSSR count). The Morgan fingerprint density at radius 2 is 2.10 bits per heavy atom. The lowest BCUT2D eigenvalue weighted by Gasteiger charge is -1.98. The van der Waals surface area contributed by atoms with Crippen LogP contribution in [0.5, 0.6) is 0 Å². The van der Waals surface area contributed by atoms with Crippen LogP contribution in [0.2, 0.25) is 0 Å². The Bertz CT molecular complexity index is 346. The molecular weight excluding hydrogens is 122 g/mol. The molecule has 0 atom stereocenters. The van der Waals surface area contributed by atoms with Gasteiger partial charge in [0.05, 0.1) is 0 Å². The van der Waals surface area contributed by atoms with Gasteiger partial charge in [-0.1, -0.05) is 29.8 Å². The smallest absolute Gasteiger partial charge is 0.0398 e. The van der Waals surface area contributed by atoms with Gasteiger partial charge in [-0.3, -0.25) is 0 Å². The second-order valence-corrected chi connectivity index (χ2v) is 2.51. The molecule has 1 aromatic carbocycles. The number of fused-ring (bicyclic) bond motifs is 1. The molecular formula is C9H8N-. The van der Waals surface area contributed by atoms with Crippen molar-refractivity contribution in [3.8, 4) is 0 Å². The van der Waals surface area contributed by atoms with Gasteiger partial charge in [0.2, 0.25) is 0 Å². The average Bonchev–Trinajstić information content (AvgIpc) is 2.33. The SMILES string of the molecule is Cc1ccc2cc[n-]c2c1. The zero-order chi connectivity index (χ0) is 6.97. The van der Waals surface area contributed by atoms with Gasteiger partial charge < -0.3 is 4.98 Å². The molecule has 2 aromatic rings. The van der Waals surface area contributed by atoms with Gasteiger partial charge in [0.15, 0.2) is 0 Å². The third-order valence-corrected chi connectivity index (χ3v) is 1.65. The summed E-state index contributed by atoms with van der Waals surface area (Å²) < 4.78 is 0. The summed E-state index contributed by atoms with van der Waals surface area (Å²) in [5.41, 5.74) is 2.37. The lowest BCUT2D eigenvalue weighted by atomic mass is 10.2. The minimum atomic E-state index is 1.10. The van der Waals surface area contributed by atoms with Crippen molar-refractivity contribution in [2.45, 2.75) is 6.92 Å². The van der Waals surface area contributed by atoms with Gasteiger partial charge in [0, 0.05) is 0 Å². The van der Waals surface area contributed by atoms with Gasteiger partial charge in [-0.25, -0.2) is 0 Å². The van der Waals surface area contributed by atoms with Crippen LogP contribution in [0.4, 0.5) is 0 Å². The van der Waals surface area contributed by atoms with Gasteiger partial charge in [0.1, 0.15) is 0 Å². The molecule has 0 saturated carbocycles. The molecule has 0 aliphatic rings. The molecule has 0 radical (unpaired) electrons. The highest BCUT2D eigenvalue weighted by atomic mass is 14.7. The van der Waals surface area contributed by atoms with Crippen LogP contribution in [0.1, 0.15) is 5.56 Å². The van der Waals surface area contributed by atoms with Crippen molar-refractivity contribution in [2.75, 3.05) is 0 Å². The van der Waals surface area contributed by atoms with Crippen LogP contribution < -0.4 is 4.98 Å². The van der Waals surface area contributed by atoms with E-state index in [-0.39, 0.29) is 0 Å². The van der Waals surface area contributed by atoms with E-state index in [1.54, 1.807) is 0 Å². The van der Waals surface area contributed by atoms with Crippen LogP contribution in [0.15, 0.2) is 30.5 Å². The Hall–Kier alpha value is -1.24. The monoisotopic (exact) mass is 130 g/mol. The second kappa shape index (κ2) is 1.87. The molecule has 1 aromatic heterocycles. The number of hydrogen-bond acceptors (Lipinski definition) is 0. The molecule has 0 aliphatic heterocycles. The van der Waals surface area contributed by atoms with Crippen molar-refractivity contribution in [1.82, 2.24) is 4.98 Å². The third kappa shape index (κ3) is 0.711. The van der Waals surface area contributed by atoms with Crippen LogP contribution in [-0.2, 0) is 0 Å². The van der Waals surface area contributed by atoms with Crippen molar-refractivity contribution >= 4 is 10.9 Å². The van der Waals surface area contributed by atoms with Crippen molar-refractivity contribution < 1.29 is 0 Å². The summed E-state index contributed by atoms with van der Waals surface area (Å²) in [6.07, 6.45) is 1.84. The molecule has 1 heterocycles. The summed E-state index contributed by atoms with van der Waals surface area (Å²) in [5.74, 6) is 0. The lowest BCUT2D eigenvalue weighted by Crippen LogP contribution is -1.71. The van der Waals surface area contributed by atoms with E-state index >= 15 is 0 Å². The topological polar surface area (TPSA) is 14.1 Å². The Balaban J connectivity index is 2.86. The third-order valence-electron chi connectivity index (χ3n) is 1.65. The first-order valence-electron chi connectivity index (χ1n) is 3.34. The maximum atomic E-state index is 4.18. The number of benzene rings is 1. The van der Waals surface area contributed by atoms with Crippen LogP contribution in [-0.4, -0.2) is 0 Å². The summed E-state index contributed by atoms with van der Waals surface area (Å²) in [4.78, 5) is 4.18.